The first kappa shape index (κ1) is 14.6. The van der Waals surface area contributed by atoms with Crippen LogP contribution in [-0.2, 0) is 5.75 Å². The molecule has 0 saturated carbocycles. The van der Waals surface area contributed by atoms with Crippen molar-refractivity contribution in [2.45, 2.75) is 24.3 Å². The predicted molar refractivity (Wildman–Crippen MR) is 81.2 cm³/mol. The van der Waals surface area contributed by atoms with Gasteiger partial charge in [0.2, 0.25) is 5.95 Å². The van der Waals surface area contributed by atoms with Gasteiger partial charge in [0.05, 0.1) is 6.61 Å². The predicted octanol–water partition coefficient (Wildman–Crippen LogP) is 2.99. The Morgan fingerprint density at radius 3 is 2.65 bits per heavy atom. The Labute approximate surface area is 123 Å². The van der Waals surface area contributed by atoms with E-state index in [0.717, 1.165) is 12.2 Å². The summed E-state index contributed by atoms with van der Waals surface area (Å²) in [6, 6.07) is 10.6. The van der Waals surface area contributed by atoms with Gasteiger partial charge < -0.3 is 10.1 Å². The summed E-state index contributed by atoms with van der Waals surface area (Å²) >= 11 is 1.57. The van der Waals surface area contributed by atoms with E-state index in [1.807, 2.05) is 25.1 Å². The van der Waals surface area contributed by atoms with E-state index in [2.05, 4.69) is 32.4 Å². The average Bonchev–Trinajstić information content (AvgIpc) is 2.51. The number of aromatic nitrogens is 3. The SMILES string of the molecule is CCCOc1nc(NC)nc(SCc2ccccc2)n1. The Morgan fingerprint density at radius 1 is 1.15 bits per heavy atom. The monoisotopic (exact) mass is 290 g/mol. The number of hydrogen-bond acceptors (Lipinski definition) is 6. The van der Waals surface area contributed by atoms with Crippen molar-refractivity contribution in [1.82, 2.24) is 15.0 Å². The highest BCUT2D eigenvalue weighted by Crippen LogP contribution is 2.21. The molecule has 1 aromatic heterocycles. The van der Waals surface area contributed by atoms with Crippen LogP contribution in [0.5, 0.6) is 6.01 Å². The molecule has 0 bridgehead atoms. The molecule has 1 N–H and O–H groups in total. The van der Waals surface area contributed by atoms with Crippen molar-refractivity contribution in [3.05, 3.63) is 35.9 Å². The molecule has 0 aliphatic heterocycles. The van der Waals surface area contributed by atoms with Crippen LogP contribution in [0.2, 0.25) is 0 Å². The van der Waals surface area contributed by atoms with Crippen LogP contribution in [-0.4, -0.2) is 28.6 Å². The maximum atomic E-state index is 5.47. The topological polar surface area (TPSA) is 59.9 Å². The van der Waals surface area contributed by atoms with Gasteiger partial charge in [-0.1, -0.05) is 49.0 Å². The molecule has 5 nitrogen and oxygen atoms in total. The fourth-order valence-corrected chi connectivity index (χ4v) is 2.28. The van der Waals surface area contributed by atoms with Gasteiger partial charge >= 0.3 is 6.01 Å². The molecular weight excluding hydrogens is 272 g/mol. The second-order valence-corrected chi connectivity index (χ2v) is 5.04. The van der Waals surface area contributed by atoms with Crippen LogP contribution >= 0.6 is 11.8 Å². The molecule has 0 amide bonds. The zero-order valence-electron chi connectivity index (χ0n) is 11.7. The second-order valence-electron chi connectivity index (χ2n) is 4.10. The van der Waals surface area contributed by atoms with Crippen LogP contribution < -0.4 is 10.1 Å². The summed E-state index contributed by atoms with van der Waals surface area (Å²) in [5.74, 6) is 1.35. The average molecular weight is 290 g/mol. The number of nitrogens with zero attached hydrogens (tertiary/aromatic N) is 3. The third kappa shape index (κ3) is 4.38. The highest BCUT2D eigenvalue weighted by Gasteiger charge is 2.07. The van der Waals surface area contributed by atoms with Gasteiger partial charge in [-0.05, 0) is 12.0 Å². The van der Waals surface area contributed by atoms with E-state index in [1.165, 1.54) is 5.56 Å². The second kappa shape index (κ2) is 7.69. The normalized spacial score (nSPS) is 10.3. The largest absolute Gasteiger partial charge is 0.463 e. The van der Waals surface area contributed by atoms with Crippen molar-refractivity contribution >= 4 is 17.7 Å². The van der Waals surface area contributed by atoms with Crippen LogP contribution in [0.1, 0.15) is 18.9 Å². The van der Waals surface area contributed by atoms with Gasteiger partial charge in [-0.2, -0.15) is 15.0 Å². The summed E-state index contributed by atoms with van der Waals surface area (Å²) in [6.45, 7) is 2.65. The minimum Gasteiger partial charge on any atom is -0.463 e. The summed E-state index contributed by atoms with van der Waals surface area (Å²) in [5.41, 5.74) is 1.24. The van der Waals surface area contributed by atoms with Crippen molar-refractivity contribution in [2.24, 2.45) is 0 Å². The zero-order valence-corrected chi connectivity index (χ0v) is 12.5. The molecule has 6 heteroatoms. The van der Waals surface area contributed by atoms with E-state index < -0.39 is 0 Å². The standard InChI is InChI=1S/C14H18N4OS/c1-3-9-19-13-16-12(15-2)17-14(18-13)20-10-11-7-5-4-6-8-11/h4-8H,3,9-10H2,1-2H3,(H,15,16,17,18). The smallest absolute Gasteiger partial charge is 0.322 e. The van der Waals surface area contributed by atoms with E-state index in [1.54, 1.807) is 18.8 Å². The molecule has 106 valence electrons. The van der Waals surface area contributed by atoms with Crippen LogP contribution in [0.15, 0.2) is 35.5 Å². The molecule has 0 spiro atoms. The molecule has 0 radical (unpaired) electrons. The van der Waals surface area contributed by atoms with Crippen molar-refractivity contribution in [3.8, 4) is 6.01 Å². The Bertz CT molecular complexity index is 536. The maximum absolute atomic E-state index is 5.47. The van der Waals surface area contributed by atoms with Crippen molar-refractivity contribution in [1.29, 1.82) is 0 Å². The lowest BCUT2D eigenvalue weighted by Gasteiger charge is -2.07. The van der Waals surface area contributed by atoms with E-state index in [4.69, 9.17) is 4.74 Å². The Balaban J connectivity index is 2.06. The maximum Gasteiger partial charge on any atom is 0.322 e. The van der Waals surface area contributed by atoms with Crippen LogP contribution in [0.3, 0.4) is 0 Å². The molecule has 0 atom stereocenters. The van der Waals surface area contributed by atoms with Crippen molar-refractivity contribution in [3.63, 3.8) is 0 Å². The number of hydrogen-bond donors (Lipinski definition) is 1. The number of anilines is 1. The van der Waals surface area contributed by atoms with Crippen molar-refractivity contribution in [2.75, 3.05) is 19.0 Å². The summed E-state index contributed by atoms with van der Waals surface area (Å²) in [6.07, 6.45) is 0.924. The quantitative estimate of drug-likeness (QED) is 0.791. The van der Waals surface area contributed by atoms with E-state index in [0.29, 0.717) is 23.7 Å². The Hall–Kier alpha value is -1.82. The Morgan fingerprint density at radius 2 is 1.95 bits per heavy atom. The van der Waals surface area contributed by atoms with Gasteiger partial charge in [0, 0.05) is 12.8 Å². The van der Waals surface area contributed by atoms with E-state index >= 15 is 0 Å². The number of rotatable bonds is 7. The van der Waals surface area contributed by atoms with Crippen LogP contribution in [0.25, 0.3) is 0 Å². The summed E-state index contributed by atoms with van der Waals surface area (Å²) in [7, 11) is 1.78. The Kier molecular flexibility index (Phi) is 5.61. The van der Waals surface area contributed by atoms with Gasteiger partial charge in [0.25, 0.3) is 0 Å². The fourth-order valence-electron chi connectivity index (χ4n) is 1.49. The molecule has 20 heavy (non-hydrogen) atoms. The third-order valence-corrected chi connectivity index (χ3v) is 3.38. The van der Waals surface area contributed by atoms with Gasteiger partial charge in [0.1, 0.15) is 0 Å². The lowest BCUT2D eigenvalue weighted by atomic mass is 10.2. The lowest BCUT2D eigenvalue weighted by molar-refractivity contribution is 0.288. The summed E-state index contributed by atoms with van der Waals surface area (Å²) in [5, 5.41) is 3.59. The van der Waals surface area contributed by atoms with Gasteiger partial charge in [-0.3, -0.25) is 0 Å². The molecule has 2 aromatic rings. The zero-order chi connectivity index (χ0) is 14.2. The first-order chi connectivity index (χ1) is 9.81. The molecule has 0 aliphatic rings. The van der Waals surface area contributed by atoms with Crippen LogP contribution in [0.4, 0.5) is 5.95 Å². The molecule has 0 unspecified atom stereocenters. The molecular formula is C14H18N4OS. The molecule has 1 heterocycles. The number of ether oxygens (including phenoxy) is 1. The number of thioether (sulfide) groups is 1. The molecule has 0 saturated heterocycles. The van der Waals surface area contributed by atoms with E-state index in [-0.39, 0.29) is 0 Å². The minimum absolute atomic E-state index is 0.377. The summed E-state index contributed by atoms with van der Waals surface area (Å²) in [4.78, 5) is 12.8. The van der Waals surface area contributed by atoms with Crippen LogP contribution in [0, 0.1) is 0 Å². The number of benzene rings is 1. The highest BCUT2D eigenvalue weighted by molar-refractivity contribution is 7.98. The fraction of sp³-hybridized carbons (Fsp3) is 0.357. The van der Waals surface area contributed by atoms with E-state index in [9.17, 15) is 0 Å². The van der Waals surface area contributed by atoms with Gasteiger partial charge in [-0.15, -0.1) is 0 Å². The third-order valence-electron chi connectivity index (χ3n) is 2.46. The lowest BCUT2D eigenvalue weighted by Crippen LogP contribution is -2.05. The number of nitrogens with one attached hydrogen (secondary N) is 1. The molecule has 0 aliphatic carbocycles. The highest BCUT2D eigenvalue weighted by atomic mass is 32.2. The molecule has 2 rings (SSSR count). The first-order valence-electron chi connectivity index (χ1n) is 6.55. The minimum atomic E-state index is 0.377. The van der Waals surface area contributed by atoms with Gasteiger partial charge in [0.15, 0.2) is 5.16 Å². The summed E-state index contributed by atoms with van der Waals surface area (Å²) < 4.78 is 5.47. The molecule has 0 fully saturated rings. The van der Waals surface area contributed by atoms with Crippen molar-refractivity contribution < 1.29 is 4.74 Å². The van der Waals surface area contributed by atoms with Gasteiger partial charge in [-0.25, -0.2) is 0 Å². The molecule has 1 aromatic carbocycles. The first-order valence-corrected chi connectivity index (χ1v) is 7.53.